The van der Waals surface area contributed by atoms with E-state index in [0.717, 1.165) is 5.56 Å². The number of hydrogen-bond donors (Lipinski definition) is 1. The van der Waals surface area contributed by atoms with Crippen LogP contribution in [0.15, 0.2) is 71.7 Å². The van der Waals surface area contributed by atoms with Gasteiger partial charge in [0.25, 0.3) is 0 Å². The van der Waals surface area contributed by atoms with Crippen molar-refractivity contribution in [1.82, 2.24) is 0 Å². The van der Waals surface area contributed by atoms with Crippen LogP contribution < -0.4 is 0 Å². The molecule has 0 saturated heterocycles. The molecule has 0 spiro atoms. The van der Waals surface area contributed by atoms with Crippen molar-refractivity contribution >= 4 is 23.8 Å². The predicted molar refractivity (Wildman–Crippen MR) is 87.6 cm³/mol. The molecular weight excluding hydrogens is 298 g/mol. The van der Waals surface area contributed by atoms with Gasteiger partial charge in [-0.15, -0.1) is 0 Å². The van der Waals surface area contributed by atoms with Gasteiger partial charge in [-0.1, -0.05) is 54.1 Å². The van der Waals surface area contributed by atoms with E-state index >= 15 is 0 Å². The number of benzene rings is 2. The Labute approximate surface area is 133 Å². The number of rotatable bonds is 4. The lowest BCUT2D eigenvalue weighted by atomic mass is 9.75. The van der Waals surface area contributed by atoms with E-state index in [-0.39, 0.29) is 0 Å². The Bertz CT molecular complexity index is 741. The fraction of sp³-hybridized carbons (Fsp3) is 0.111. The molecule has 3 rings (SSSR count). The summed E-state index contributed by atoms with van der Waals surface area (Å²) in [6.45, 7) is 0. The summed E-state index contributed by atoms with van der Waals surface area (Å²) in [6.07, 6.45) is 5.24. The number of allylic oxidation sites excluding steroid dienone is 1. The summed E-state index contributed by atoms with van der Waals surface area (Å²) in [6, 6.07) is 16.4. The van der Waals surface area contributed by atoms with Crippen molar-refractivity contribution in [3.05, 3.63) is 82.9 Å². The standard InChI is InChI=1S/C18H14ClNO2/c19-15-9-4-8-14(12-15)18(10-5-11-20-18)16(17(21)22)13-6-2-1-3-7-13/h1-12,16H,(H,21,22). The lowest BCUT2D eigenvalue weighted by molar-refractivity contribution is -0.140. The molecule has 1 heterocycles. The highest BCUT2D eigenvalue weighted by Crippen LogP contribution is 2.44. The largest absolute Gasteiger partial charge is 0.481 e. The molecule has 0 amide bonds. The Morgan fingerprint density at radius 2 is 1.91 bits per heavy atom. The molecule has 0 aromatic heterocycles. The molecule has 0 radical (unpaired) electrons. The quantitative estimate of drug-likeness (QED) is 0.926. The van der Waals surface area contributed by atoms with Crippen molar-refractivity contribution in [2.45, 2.75) is 11.5 Å². The highest BCUT2D eigenvalue weighted by Gasteiger charge is 2.44. The van der Waals surface area contributed by atoms with E-state index < -0.39 is 17.4 Å². The topological polar surface area (TPSA) is 49.7 Å². The fourth-order valence-electron chi connectivity index (χ4n) is 2.88. The number of aliphatic imine (C=N–C) groups is 1. The lowest BCUT2D eigenvalue weighted by Crippen LogP contribution is -2.34. The summed E-state index contributed by atoms with van der Waals surface area (Å²) in [5, 5.41) is 10.4. The second-order valence-corrected chi connectivity index (χ2v) is 5.59. The summed E-state index contributed by atoms with van der Waals surface area (Å²) in [7, 11) is 0. The maximum atomic E-state index is 12.0. The van der Waals surface area contributed by atoms with Gasteiger partial charge in [-0.3, -0.25) is 9.79 Å². The number of hydrogen-bond acceptors (Lipinski definition) is 2. The average Bonchev–Trinajstić information content (AvgIpc) is 2.99. The van der Waals surface area contributed by atoms with E-state index in [1.807, 2.05) is 48.5 Å². The van der Waals surface area contributed by atoms with Gasteiger partial charge in [0.15, 0.2) is 0 Å². The van der Waals surface area contributed by atoms with Crippen LogP contribution >= 0.6 is 11.6 Å². The fourth-order valence-corrected chi connectivity index (χ4v) is 3.07. The first-order valence-corrected chi connectivity index (χ1v) is 7.28. The first-order chi connectivity index (χ1) is 10.6. The minimum Gasteiger partial charge on any atom is -0.481 e. The van der Waals surface area contributed by atoms with Crippen LogP contribution in [0.1, 0.15) is 17.0 Å². The molecule has 3 nitrogen and oxygen atoms in total. The zero-order valence-electron chi connectivity index (χ0n) is 11.7. The maximum absolute atomic E-state index is 12.0. The summed E-state index contributed by atoms with van der Waals surface area (Å²) >= 11 is 6.09. The Morgan fingerprint density at radius 1 is 1.14 bits per heavy atom. The monoisotopic (exact) mass is 311 g/mol. The van der Waals surface area contributed by atoms with Crippen LogP contribution in [0.3, 0.4) is 0 Å². The molecule has 2 aromatic rings. The molecule has 1 aliphatic rings. The minimum atomic E-state index is -0.974. The summed E-state index contributed by atoms with van der Waals surface area (Å²) in [4.78, 5) is 16.5. The molecule has 0 fully saturated rings. The molecule has 1 N–H and O–H groups in total. The van der Waals surface area contributed by atoms with Gasteiger partial charge in [0, 0.05) is 11.2 Å². The molecule has 0 saturated carbocycles. The second kappa shape index (κ2) is 5.78. The molecule has 0 bridgehead atoms. The van der Waals surface area contributed by atoms with Crippen LogP contribution in [-0.2, 0) is 10.3 Å². The van der Waals surface area contributed by atoms with E-state index in [4.69, 9.17) is 11.6 Å². The SMILES string of the molecule is O=C(O)C(c1ccccc1)C1(c2cccc(Cl)c2)C=CC=N1. The summed E-state index contributed by atoms with van der Waals surface area (Å²) in [5.41, 5.74) is 0.498. The summed E-state index contributed by atoms with van der Waals surface area (Å²) in [5.74, 6) is -1.74. The van der Waals surface area contributed by atoms with Gasteiger partial charge in [-0.05, 0) is 35.4 Å². The molecule has 2 unspecified atom stereocenters. The number of carboxylic acid groups (broad SMARTS) is 1. The third kappa shape index (κ3) is 2.44. The van der Waals surface area contributed by atoms with Gasteiger partial charge in [-0.2, -0.15) is 0 Å². The van der Waals surface area contributed by atoms with Crippen LogP contribution in [0.4, 0.5) is 0 Å². The molecule has 22 heavy (non-hydrogen) atoms. The molecule has 2 atom stereocenters. The van der Waals surface area contributed by atoms with Crippen molar-refractivity contribution in [3.8, 4) is 0 Å². The normalized spacial score (nSPS) is 21.0. The zero-order valence-corrected chi connectivity index (χ0v) is 12.4. The first kappa shape index (κ1) is 14.5. The van der Waals surface area contributed by atoms with Crippen molar-refractivity contribution < 1.29 is 9.90 Å². The number of carbonyl (C=O) groups is 1. The van der Waals surface area contributed by atoms with Gasteiger partial charge in [0.05, 0.1) is 0 Å². The van der Waals surface area contributed by atoms with E-state index in [2.05, 4.69) is 4.99 Å². The minimum absolute atomic E-state index is 0.560. The second-order valence-electron chi connectivity index (χ2n) is 5.15. The van der Waals surface area contributed by atoms with E-state index in [9.17, 15) is 9.90 Å². The predicted octanol–water partition coefficient (Wildman–Crippen LogP) is 4.04. The number of nitrogens with zero attached hydrogens (tertiary/aromatic N) is 1. The molecular formula is C18H14ClNO2. The number of carboxylic acids is 1. The zero-order chi connectivity index (χ0) is 15.6. The van der Waals surface area contributed by atoms with Crippen molar-refractivity contribution in [1.29, 1.82) is 0 Å². The van der Waals surface area contributed by atoms with Crippen LogP contribution in [0, 0.1) is 0 Å². The number of aliphatic carboxylic acids is 1. The molecule has 2 aromatic carbocycles. The van der Waals surface area contributed by atoms with Gasteiger partial charge in [0.1, 0.15) is 11.5 Å². The highest BCUT2D eigenvalue weighted by molar-refractivity contribution is 6.30. The molecule has 4 heteroatoms. The highest BCUT2D eigenvalue weighted by atomic mass is 35.5. The van der Waals surface area contributed by atoms with E-state index in [1.165, 1.54) is 0 Å². The molecule has 110 valence electrons. The van der Waals surface area contributed by atoms with Gasteiger partial charge in [-0.25, -0.2) is 0 Å². The average molecular weight is 312 g/mol. The van der Waals surface area contributed by atoms with E-state index in [1.54, 1.807) is 24.4 Å². The van der Waals surface area contributed by atoms with E-state index in [0.29, 0.717) is 10.6 Å². The molecule has 1 aliphatic heterocycles. The van der Waals surface area contributed by atoms with Crippen LogP contribution in [0.5, 0.6) is 0 Å². The third-order valence-corrected chi connectivity index (χ3v) is 4.07. The van der Waals surface area contributed by atoms with Crippen LogP contribution in [-0.4, -0.2) is 17.3 Å². The van der Waals surface area contributed by atoms with Crippen molar-refractivity contribution in [2.75, 3.05) is 0 Å². The van der Waals surface area contributed by atoms with Crippen molar-refractivity contribution in [3.63, 3.8) is 0 Å². The summed E-state index contributed by atoms with van der Waals surface area (Å²) < 4.78 is 0. The lowest BCUT2D eigenvalue weighted by Gasteiger charge is -2.32. The number of halogens is 1. The van der Waals surface area contributed by atoms with Gasteiger partial charge < -0.3 is 5.11 Å². The van der Waals surface area contributed by atoms with Gasteiger partial charge in [0.2, 0.25) is 0 Å². The maximum Gasteiger partial charge on any atom is 0.314 e. The Morgan fingerprint density at radius 3 is 2.50 bits per heavy atom. The van der Waals surface area contributed by atoms with Gasteiger partial charge >= 0.3 is 5.97 Å². The smallest absolute Gasteiger partial charge is 0.314 e. The molecule has 0 aliphatic carbocycles. The van der Waals surface area contributed by atoms with Crippen LogP contribution in [0.25, 0.3) is 0 Å². The first-order valence-electron chi connectivity index (χ1n) is 6.90. The Hall–Kier alpha value is -2.39. The Kier molecular flexibility index (Phi) is 3.82. The van der Waals surface area contributed by atoms with Crippen LogP contribution in [0.2, 0.25) is 5.02 Å². The van der Waals surface area contributed by atoms with Crippen molar-refractivity contribution in [2.24, 2.45) is 4.99 Å². The third-order valence-electron chi connectivity index (χ3n) is 3.83. The Balaban J connectivity index is 2.20.